The summed E-state index contributed by atoms with van der Waals surface area (Å²) in [5.41, 5.74) is 0.994. The van der Waals surface area contributed by atoms with Crippen LogP contribution in [0.5, 0.6) is 0 Å². The van der Waals surface area contributed by atoms with E-state index >= 15 is 0 Å². The van der Waals surface area contributed by atoms with E-state index in [-0.39, 0.29) is 6.61 Å². The summed E-state index contributed by atoms with van der Waals surface area (Å²) in [5.74, 6) is 2.17. The SMILES string of the molecule is OCC1CCn2c(nnc2-c2cccnc2)C1. The average molecular weight is 230 g/mol. The van der Waals surface area contributed by atoms with Crippen molar-refractivity contribution in [3.63, 3.8) is 0 Å². The molecule has 0 saturated carbocycles. The van der Waals surface area contributed by atoms with Crippen LogP contribution in [-0.2, 0) is 13.0 Å². The van der Waals surface area contributed by atoms with Gasteiger partial charge in [0.2, 0.25) is 0 Å². The Morgan fingerprint density at radius 3 is 3.12 bits per heavy atom. The highest BCUT2D eigenvalue weighted by molar-refractivity contribution is 5.53. The zero-order valence-electron chi connectivity index (χ0n) is 9.45. The van der Waals surface area contributed by atoms with E-state index in [0.717, 1.165) is 36.6 Å². The van der Waals surface area contributed by atoms with Gasteiger partial charge < -0.3 is 9.67 Å². The maximum Gasteiger partial charge on any atom is 0.165 e. The van der Waals surface area contributed by atoms with Crippen LogP contribution in [-0.4, -0.2) is 31.5 Å². The molecule has 0 radical (unpaired) electrons. The maximum absolute atomic E-state index is 9.17. The Labute approximate surface area is 99.1 Å². The molecule has 1 atom stereocenters. The molecule has 3 heterocycles. The fourth-order valence-electron chi connectivity index (χ4n) is 2.26. The van der Waals surface area contributed by atoms with Crippen molar-refractivity contribution in [2.75, 3.05) is 6.61 Å². The normalized spacial score (nSPS) is 19.0. The maximum atomic E-state index is 9.17. The third-order valence-electron chi connectivity index (χ3n) is 3.24. The van der Waals surface area contributed by atoms with Crippen LogP contribution < -0.4 is 0 Å². The quantitative estimate of drug-likeness (QED) is 0.832. The van der Waals surface area contributed by atoms with Crippen molar-refractivity contribution in [3.8, 4) is 11.4 Å². The van der Waals surface area contributed by atoms with Crippen molar-refractivity contribution in [1.29, 1.82) is 0 Å². The molecule has 1 aliphatic heterocycles. The second-order valence-electron chi connectivity index (χ2n) is 4.37. The fourth-order valence-corrected chi connectivity index (χ4v) is 2.26. The van der Waals surface area contributed by atoms with E-state index in [0.29, 0.717) is 5.92 Å². The Morgan fingerprint density at radius 1 is 1.41 bits per heavy atom. The number of aromatic nitrogens is 4. The van der Waals surface area contributed by atoms with Crippen LogP contribution >= 0.6 is 0 Å². The van der Waals surface area contributed by atoms with Gasteiger partial charge in [-0.3, -0.25) is 4.98 Å². The van der Waals surface area contributed by atoms with Gasteiger partial charge in [-0.1, -0.05) is 0 Å². The molecule has 5 nitrogen and oxygen atoms in total. The topological polar surface area (TPSA) is 63.8 Å². The molecule has 0 fully saturated rings. The third-order valence-corrected chi connectivity index (χ3v) is 3.24. The number of rotatable bonds is 2. The first-order valence-corrected chi connectivity index (χ1v) is 5.82. The van der Waals surface area contributed by atoms with Crippen LogP contribution in [0.15, 0.2) is 24.5 Å². The summed E-state index contributed by atoms with van der Waals surface area (Å²) in [6.45, 7) is 1.10. The minimum atomic E-state index is 0.231. The number of aliphatic hydroxyl groups excluding tert-OH is 1. The summed E-state index contributed by atoms with van der Waals surface area (Å²) in [6, 6.07) is 3.89. The van der Waals surface area contributed by atoms with Gasteiger partial charge in [-0.2, -0.15) is 0 Å². The third kappa shape index (κ3) is 1.82. The summed E-state index contributed by atoms with van der Waals surface area (Å²) in [5, 5.41) is 17.6. The van der Waals surface area contributed by atoms with E-state index in [1.807, 2.05) is 12.1 Å². The molecule has 1 aliphatic rings. The van der Waals surface area contributed by atoms with Crippen LogP contribution in [0.1, 0.15) is 12.2 Å². The van der Waals surface area contributed by atoms with Gasteiger partial charge >= 0.3 is 0 Å². The summed E-state index contributed by atoms with van der Waals surface area (Å²) in [6.07, 6.45) is 5.34. The highest BCUT2D eigenvalue weighted by Crippen LogP contribution is 2.24. The van der Waals surface area contributed by atoms with Crippen molar-refractivity contribution < 1.29 is 5.11 Å². The van der Waals surface area contributed by atoms with Crippen LogP contribution in [0, 0.1) is 5.92 Å². The van der Waals surface area contributed by atoms with Crippen molar-refractivity contribution in [2.45, 2.75) is 19.4 Å². The zero-order chi connectivity index (χ0) is 11.7. The molecule has 3 rings (SSSR count). The number of fused-ring (bicyclic) bond motifs is 1. The molecule has 0 bridgehead atoms. The standard InChI is InChI=1S/C12H14N4O/c17-8-9-3-5-16-11(6-9)14-15-12(16)10-2-1-4-13-7-10/h1-2,4,7,9,17H,3,5-6,8H2. The Bertz CT molecular complexity index is 508. The molecule has 0 amide bonds. The number of hydrogen-bond acceptors (Lipinski definition) is 4. The van der Waals surface area contributed by atoms with E-state index < -0.39 is 0 Å². The first-order valence-electron chi connectivity index (χ1n) is 5.82. The smallest absolute Gasteiger partial charge is 0.165 e. The van der Waals surface area contributed by atoms with E-state index in [9.17, 15) is 5.11 Å². The highest BCUT2D eigenvalue weighted by Gasteiger charge is 2.22. The minimum absolute atomic E-state index is 0.231. The lowest BCUT2D eigenvalue weighted by Crippen LogP contribution is -2.22. The molecule has 88 valence electrons. The molecule has 0 spiro atoms. The molecule has 5 heteroatoms. The number of hydrogen-bond donors (Lipinski definition) is 1. The lowest BCUT2D eigenvalue weighted by Gasteiger charge is -2.21. The highest BCUT2D eigenvalue weighted by atomic mass is 16.3. The molecule has 17 heavy (non-hydrogen) atoms. The van der Waals surface area contributed by atoms with Crippen molar-refractivity contribution in [1.82, 2.24) is 19.7 Å². The monoisotopic (exact) mass is 230 g/mol. The van der Waals surface area contributed by atoms with Gasteiger partial charge in [-0.25, -0.2) is 0 Å². The van der Waals surface area contributed by atoms with Crippen molar-refractivity contribution >= 4 is 0 Å². The Hall–Kier alpha value is -1.75. The Kier molecular flexibility index (Phi) is 2.60. The van der Waals surface area contributed by atoms with Gasteiger partial charge in [0.1, 0.15) is 5.82 Å². The number of aliphatic hydroxyl groups is 1. The number of pyridine rings is 1. The molecule has 0 aliphatic carbocycles. The van der Waals surface area contributed by atoms with Gasteiger partial charge in [0, 0.05) is 37.5 Å². The first kappa shape index (κ1) is 10.4. The predicted molar refractivity (Wildman–Crippen MR) is 62.1 cm³/mol. The molecule has 0 aromatic carbocycles. The van der Waals surface area contributed by atoms with Crippen LogP contribution in [0.25, 0.3) is 11.4 Å². The molecular weight excluding hydrogens is 216 g/mol. The average Bonchev–Trinajstić information content (AvgIpc) is 2.82. The van der Waals surface area contributed by atoms with Crippen molar-refractivity contribution in [3.05, 3.63) is 30.4 Å². The predicted octanol–water partition coefficient (Wildman–Crippen LogP) is 0.895. The van der Waals surface area contributed by atoms with E-state index in [1.54, 1.807) is 12.4 Å². The van der Waals surface area contributed by atoms with Gasteiger partial charge in [0.15, 0.2) is 5.82 Å². The lowest BCUT2D eigenvalue weighted by molar-refractivity contribution is 0.199. The zero-order valence-corrected chi connectivity index (χ0v) is 9.45. The van der Waals surface area contributed by atoms with E-state index in [4.69, 9.17) is 0 Å². The van der Waals surface area contributed by atoms with Gasteiger partial charge in [-0.05, 0) is 24.5 Å². The van der Waals surface area contributed by atoms with E-state index in [2.05, 4.69) is 19.7 Å². The van der Waals surface area contributed by atoms with Gasteiger partial charge in [-0.15, -0.1) is 10.2 Å². The van der Waals surface area contributed by atoms with Crippen LogP contribution in [0.3, 0.4) is 0 Å². The molecule has 0 saturated heterocycles. The van der Waals surface area contributed by atoms with E-state index in [1.165, 1.54) is 0 Å². The fraction of sp³-hybridized carbons (Fsp3) is 0.417. The molecule has 1 unspecified atom stereocenters. The van der Waals surface area contributed by atoms with Crippen LogP contribution in [0.4, 0.5) is 0 Å². The van der Waals surface area contributed by atoms with Crippen molar-refractivity contribution in [2.24, 2.45) is 5.92 Å². The second kappa shape index (κ2) is 4.25. The van der Waals surface area contributed by atoms with Crippen LogP contribution in [0.2, 0.25) is 0 Å². The number of nitrogens with zero attached hydrogens (tertiary/aromatic N) is 4. The second-order valence-corrected chi connectivity index (χ2v) is 4.37. The largest absolute Gasteiger partial charge is 0.396 e. The summed E-state index contributed by atoms with van der Waals surface area (Å²) in [7, 11) is 0. The Morgan fingerprint density at radius 2 is 2.35 bits per heavy atom. The summed E-state index contributed by atoms with van der Waals surface area (Å²) in [4.78, 5) is 4.10. The molecule has 2 aromatic heterocycles. The van der Waals surface area contributed by atoms with Gasteiger partial charge in [0.25, 0.3) is 0 Å². The first-order chi connectivity index (χ1) is 8.38. The Balaban J connectivity index is 1.97. The minimum Gasteiger partial charge on any atom is -0.396 e. The molecular formula is C12H14N4O. The molecule has 2 aromatic rings. The van der Waals surface area contributed by atoms with Gasteiger partial charge in [0.05, 0.1) is 0 Å². The summed E-state index contributed by atoms with van der Waals surface area (Å²) >= 11 is 0. The molecule has 1 N–H and O–H groups in total. The summed E-state index contributed by atoms with van der Waals surface area (Å²) < 4.78 is 2.13. The lowest BCUT2D eigenvalue weighted by atomic mass is 9.99.